The zero-order valence-corrected chi connectivity index (χ0v) is 17.2. The number of halogens is 1. The molecule has 0 atom stereocenters. The summed E-state index contributed by atoms with van der Waals surface area (Å²) >= 11 is 6.25. The van der Waals surface area contributed by atoms with E-state index in [1.807, 2.05) is 49.4 Å². The van der Waals surface area contributed by atoms with Gasteiger partial charge in [0, 0.05) is 5.56 Å². The van der Waals surface area contributed by atoms with E-state index in [1.165, 1.54) is 0 Å². The average molecular weight is 410 g/mol. The highest BCUT2D eigenvalue weighted by Crippen LogP contribution is 2.39. The van der Waals surface area contributed by atoms with Gasteiger partial charge in [-0.25, -0.2) is 0 Å². The number of carbonyl (C=O) groups excluding carboxylic acids is 2. The van der Waals surface area contributed by atoms with E-state index in [0.29, 0.717) is 16.4 Å². The second-order valence-corrected chi connectivity index (χ2v) is 8.15. The number of benzene rings is 2. The van der Waals surface area contributed by atoms with Gasteiger partial charge in [0.05, 0.1) is 10.7 Å². The molecule has 29 heavy (non-hydrogen) atoms. The first-order valence-corrected chi connectivity index (χ1v) is 10.4. The van der Waals surface area contributed by atoms with Crippen LogP contribution in [0.15, 0.2) is 53.5 Å². The van der Waals surface area contributed by atoms with E-state index in [0.717, 1.165) is 43.2 Å². The Morgan fingerprint density at radius 3 is 2.52 bits per heavy atom. The minimum absolute atomic E-state index is 0.0384. The monoisotopic (exact) mass is 409 g/mol. The molecule has 2 amide bonds. The molecule has 5 nitrogen and oxygen atoms in total. The molecule has 1 spiro atoms. The number of hydrogen-bond acceptors (Lipinski definition) is 3. The summed E-state index contributed by atoms with van der Waals surface area (Å²) in [5.74, 6) is -0.437. The van der Waals surface area contributed by atoms with E-state index in [4.69, 9.17) is 16.6 Å². The lowest BCUT2D eigenvalue weighted by atomic mass is 9.88. The number of aliphatic imine (C=N–C) groups is 1. The maximum Gasteiger partial charge on any atom is 0.275 e. The summed E-state index contributed by atoms with van der Waals surface area (Å²) in [6, 6.07) is 15.0. The van der Waals surface area contributed by atoms with Crippen molar-refractivity contribution in [1.82, 2.24) is 4.90 Å². The zero-order chi connectivity index (χ0) is 20.4. The summed E-state index contributed by atoms with van der Waals surface area (Å²) in [5.41, 5.74) is 2.11. The third-order valence-electron chi connectivity index (χ3n) is 5.76. The van der Waals surface area contributed by atoms with Gasteiger partial charge >= 0.3 is 0 Å². The van der Waals surface area contributed by atoms with Gasteiger partial charge in [0.25, 0.3) is 5.91 Å². The van der Waals surface area contributed by atoms with Crippen LogP contribution in [0.25, 0.3) is 0 Å². The van der Waals surface area contributed by atoms with E-state index in [1.54, 1.807) is 11.0 Å². The molecule has 1 aliphatic carbocycles. The molecule has 1 heterocycles. The van der Waals surface area contributed by atoms with E-state index >= 15 is 0 Å². The predicted octanol–water partition coefficient (Wildman–Crippen LogP) is 4.58. The van der Waals surface area contributed by atoms with E-state index in [2.05, 4.69) is 5.32 Å². The van der Waals surface area contributed by atoms with Gasteiger partial charge in [0.2, 0.25) is 5.91 Å². The van der Waals surface area contributed by atoms with Crippen molar-refractivity contribution in [2.24, 2.45) is 4.99 Å². The molecular formula is C23H24ClN3O2. The van der Waals surface area contributed by atoms with Gasteiger partial charge in [-0.05, 0) is 44.2 Å². The second kappa shape index (κ2) is 7.99. The Kier molecular flexibility index (Phi) is 5.41. The third-order valence-corrected chi connectivity index (χ3v) is 6.07. The predicted molar refractivity (Wildman–Crippen MR) is 115 cm³/mol. The van der Waals surface area contributed by atoms with Crippen molar-refractivity contribution >= 4 is 34.8 Å². The van der Waals surface area contributed by atoms with Crippen LogP contribution in [0.3, 0.4) is 0 Å². The Morgan fingerprint density at radius 2 is 1.83 bits per heavy atom. The number of nitrogens with one attached hydrogen (secondary N) is 1. The lowest BCUT2D eigenvalue weighted by Crippen LogP contribution is -2.51. The molecule has 0 saturated heterocycles. The van der Waals surface area contributed by atoms with Crippen molar-refractivity contribution in [2.75, 3.05) is 11.9 Å². The fourth-order valence-electron chi connectivity index (χ4n) is 4.25. The molecule has 0 unspecified atom stereocenters. The number of rotatable bonds is 4. The Hall–Kier alpha value is -2.66. The number of anilines is 1. The molecule has 2 aromatic carbocycles. The highest BCUT2D eigenvalue weighted by Gasteiger charge is 2.48. The van der Waals surface area contributed by atoms with Gasteiger partial charge in [0.15, 0.2) is 0 Å². The fraction of sp³-hybridized carbons (Fsp3) is 0.348. The molecule has 0 bridgehead atoms. The Balaban J connectivity index is 1.60. The second-order valence-electron chi connectivity index (χ2n) is 7.74. The van der Waals surface area contributed by atoms with Crippen LogP contribution in [0.1, 0.15) is 43.2 Å². The van der Waals surface area contributed by atoms with Crippen molar-refractivity contribution in [2.45, 2.75) is 44.7 Å². The smallest absolute Gasteiger partial charge is 0.275 e. The molecule has 2 aliphatic rings. The summed E-state index contributed by atoms with van der Waals surface area (Å²) in [7, 11) is 0. The van der Waals surface area contributed by atoms with Crippen LogP contribution in [-0.2, 0) is 9.59 Å². The topological polar surface area (TPSA) is 61.8 Å². The number of para-hydroxylation sites is 1. The molecule has 0 aromatic heterocycles. The number of carbonyl (C=O) groups is 2. The van der Waals surface area contributed by atoms with Crippen molar-refractivity contribution in [3.8, 4) is 0 Å². The highest BCUT2D eigenvalue weighted by molar-refractivity contribution is 6.47. The van der Waals surface area contributed by atoms with Crippen molar-refractivity contribution in [1.29, 1.82) is 0 Å². The Labute approximate surface area is 175 Å². The molecule has 6 heteroatoms. The minimum Gasteiger partial charge on any atom is -0.323 e. The molecule has 1 fully saturated rings. The molecule has 2 aromatic rings. The number of aryl methyl sites for hydroxylation is 1. The van der Waals surface area contributed by atoms with Crippen LogP contribution < -0.4 is 5.32 Å². The highest BCUT2D eigenvalue weighted by atomic mass is 35.5. The maximum absolute atomic E-state index is 13.3. The Bertz CT molecular complexity index is 945. The number of hydrogen-bond donors (Lipinski definition) is 1. The van der Waals surface area contributed by atoms with Gasteiger partial charge in [-0.2, -0.15) is 0 Å². The normalized spacial score (nSPS) is 18.1. The van der Waals surface area contributed by atoms with E-state index < -0.39 is 5.66 Å². The molecule has 1 saturated carbocycles. The van der Waals surface area contributed by atoms with Crippen LogP contribution in [0, 0.1) is 6.92 Å². The van der Waals surface area contributed by atoms with E-state index in [-0.39, 0.29) is 18.4 Å². The van der Waals surface area contributed by atoms with Crippen LogP contribution in [0.2, 0.25) is 5.02 Å². The van der Waals surface area contributed by atoms with Crippen LogP contribution in [0.4, 0.5) is 5.69 Å². The summed E-state index contributed by atoms with van der Waals surface area (Å²) in [6.07, 6.45) is 4.70. The van der Waals surface area contributed by atoms with E-state index in [9.17, 15) is 9.59 Å². The van der Waals surface area contributed by atoms with Crippen molar-refractivity contribution in [3.63, 3.8) is 0 Å². The summed E-state index contributed by atoms with van der Waals surface area (Å²) < 4.78 is 0. The van der Waals surface area contributed by atoms with Crippen molar-refractivity contribution < 1.29 is 9.59 Å². The van der Waals surface area contributed by atoms with Gasteiger partial charge in [-0.3, -0.25) is 14.6 Å². The molecule has 150 valence electrons. The minimum atomic E-state index is -0.618. The first-order valence-electron chi connectivity index (χ1n) is 10.0. The maximum atomic E-state index is 13.3. The number of nitrogens with zero attached hydrogens (tertiary/aromatic N) is 2. The van der Waals surface area contributed by atoms with Gasteiger partial charge < -0.3 is 10.2 Å². The Morgan fingerprint density at radius 1 is 1.10 bits per heavy atom. The van der Waals surface area contributed by atoms with Crippen LogP contribution in [0.5, 0.6) is 0 Å². The van der Waals surface area contributed by atoms with Crippen LogP contribution in [-0.4, -0.2) is 34.6 Å². The molecular weight excluding hydrogens is 386 g/mol. The lowest BCUT2D eigenvalue weighted by Gasteiger charge is -2.38. The number of amides is 2. The summed E-state index contributed by atoms with van der Waals surface area (Å²) in [6.45, 7) is 1.85. The van der Waals surface area contributed by atoms with Gasteiger partial charge in [-0.15, -0.1) is 0 Å². The molecule has 1 N–H and O–H groups in total. The summed E-state index contributed by atoms with van der Waals surface area (Å²) in [5, 5.41) is 3.37. The zero-order valence-electron chi connectivity index (χ0n) is 16.5. The van der Waals surface area contributed by atoms with Gasteiger partial charge in [-0.1, -0.05) is 60.5 Å². The fourth-order valence-corrected chi connectivity index (χ4v) is 4.52. The van der Waals surface area contributed by atoms with Gasteiger partial charge in [0.1, 0.15) is 17.9 Å². The quantitative estimate of drug-likeness (QED) is 0.803. The first kappa shape index (κ1) is 19.6. The van der Waals surface area contributed by atoms with Crippen molar-refractivity contribution in [3.05, 3.63) is 64.7 Å². The average Bonchev–Trinajstić information content (AvgIpc) is 2.98. The molecule has 4 rings (SSSR count). The largest absolute Gasteiger partial charge is 0.323 e. The summed E-state index contributed by atoms with van der Waals surface area (Å²) in [4.78, 5) is 32.7. The third kappa shape index (κ3) is 3.79. The standard InChI is InChI=1S/C23H24ClN3O2/c1-16-9-8-12-18(24)20(16)25-19(28)15-27-22(29)21(17-10-4-2-5-11-17)26-23(27)13-6-3-7-14-23/h2,4-5,8-12H,3,6-7,13-15H2,1H3,(H,25,28). The lowest BCUT2D eigenvalue weighted by molar-refractivity contribution is -0.134. The molecule has 0 radical (unpaired) electrons. The first-order chi connectivity index (χ1) is 14.0. The SMILES string of the molecule is Cc1cccc(Cl)c1NC(=O)CN1C(=O)C(c2ccccc2)=NC12CCCCC2. The van der Waals surface area contributed by atoms with Crippen LogP contribution >= 0.6 is 11.6 Å². The molecule has 1 aliphatic heterocycles.